The van der Waals surface area contributed by atoms with Gasteiger partial charge in [0.2, 0.25) is 0 Å². The highest BCUT2D eigenvalue weighted by atomic mass is 15.2. The standard InChI is InChI=1S/C18H23N3/c1-13-6-7-14(2)16(10-13)15-11-17(19)20-18(12-15)21-8-4-3-5-9-21/h6-7,10-12H,3-5,8-9H2,1-2H3,(H2,19,20). The maximum atomic E-state index is 6.05. The van der Waals surface area contributed by atoms with Crippen LogP contribution in [-0.2, 0) is 0 Å². The zero-order valence-corrected chi connectivity index (χ0v) is 12.9. The molecular weight excluding hydrogens is 258 g/mol. The summed E-state index contributed by atoms with van der Waals surface area (Å²) in [6.07, 6.45) is 3.81. The van der Waals surface area contributed by atoms with E-state index in [9.17, 15) is 0 Å². The summed E-state index contributed by atoms with van der Waals surface area (Å²) in [5, 5.41) is 0. The number of benzene rings is 1. The van der Waals surface area contributed by atoms with Crippen LogP contribution in [0.15, 0.2) is 30.3 Å². The van der Waals surface area contributed by atoms with Gasteiger partial charge in [0.05, 0.1) is 0 Å². The molecule has 1 aliphatic rings. The van der Waals surface area contributed by atoms with Gasteiger partial charge in [-0.1, -0.05) is 23.8 Å². The second-order valence-electron chi connectivity index (χ2n) is 6.00. The largest absolute Gasteiger partial charge is 0.384 e. The van der Waals surface area contributed by atoms with Crippen LogP contribution in [0.4, 0.5) is 11.6 Å². The van der Waals surface area contributed by atoms with Crippen LogP contribution in [0.1, 0.15) is 30.4 Å². The maximum absolute atomic E-state index is 6.05. The van der Waals surface area contributed by atoms with Crippen molar-refractivity contribution >= 4 is 11.6 Å². The Balaban J connectivity index is 2.02. The molecule has 1 fully saturated rings. The molecule has 0 saturated carbocycles. The van der Waals surface area contributed by atoms with Crippen LogP contribution in [0, 0.1) is 13.8 Å². The van der Waals surface area contributed by atoms with Crippen molar-refractivity contribution in [1.82, 2.24) is 4.98 Å². The molecule has 3 heteroatoms. The molecule has 0 spiro atoms. The summed E-state index contributed by atoms with van der Waals surface area (Å²) < 4.78 is 0. The first-order valence-corrected chi connectivity index (χ1v) is 7.73. The normalized spacial score (nSPS) is 15.2. The van der Waals surface area contributed by atoms with E-state index in [1.807, 2.05) is 6.07 Å². The number of aromatic nitrogens is 1. The van der Waals surface area contributed by atoms with Gasteiger partial charge in [-0.3, -0.25) is 0 Å². The first-order chi connectivity index (χ1) is 10.1. The first kappa shape index (κ1) is 13.9. The number of nitrogens with two attached hydrogens (primary N) is 1. The van der Waals surface area contributed by atoms with Crippen molar-refractivity contribution in [3.05, 3.63) is 41.5 Å². The van der Waals surface area contributed by atoms with Crippen LogP contribution >= 0.6 is 0 Å². The Labute approximate surface area is 126 Å². The average molecular weight is 281 g/mol. The molecule has 2 heterocycles. The number of hydrogen-bond donors (Lipinski definition) is 1. The van der Waals surface area contributed by atoms with Crippen molar-refractivity contribution in [2.75, 3.05) is 23.7 Å². The Hall–Kier alpha value is -2.03. The van der Waals surface area contributed by atoms with E-state index in [4.69, 9.17) is 5.73 Å². The van der Waals surface area contributed by atoms with E-state index in [0.29, 0.717) is 5.82 Å². The lowest BCUT2D eigenvalue weighted by Gasteiger charge is -2.28. The summed E-state index contributed by atoms with van der Waals surface area (Å²) in [5.41, 5.74) is 11.0. The van der Waals surface area contributed by atoms with E-state index < -0.39 is 0 Å². The smallest absolute Gasteiger partial charge is 0.131 e. The van der Waals surface area contributed by atoms with E-state index >= 15 is 0 Å². The quantitative estimate of drug-likeness (QED) is 0.906. The average Bonchev–Trinajstić information content (AvgIpc) is 2.50. The summed E-state index contributed by atoms with van der Waals surface area (Å²) in [6.45, 7) is 6.44. The molecule has 3 rings (SSSR count). The van der Waals surface area contributed by atoms with Crippen molar-refractivity contribution < 1.29 is 0 Å². The predicted octanol–water partition coefficient (Wildman–Crippen LogP) is 3.94. The molecule has 110 valence electrons. The molecule has 0 radical (unpaired) electrons. The van der Waals surface area contributed by atoms with E-state index in [1.165, 1.54) is 41.5 Å². The molecule has 0 unspecified atom stereocenters. The zero-order valence-electron chi connectivity index (χ0n) is 12.9. The summed E-state index contributed by atoms with van der Waals surface area (Å²) in [5.74, 6) is 1.62. The van der Waals surface area contributed by atoms with Gasteiger partial charge in [-0.2, -0.15) is 0 Å². The van der Waals surface area contributed by atoms with Gasteiger partial charge in [-0.15, -0.1) is 0 Å². The number of piperidine rings is 1. The Kier molecular flexibility index (Phi) is 3.82. The number of aryl methyl sites for hydroxylation is 2. The topological polar surface area (TPSA) is 42.1 Å². The summed E-state index contributed by atoms with van der Waals surface area (Å²) in [4.78, 5) is 6.89. The monoisotopic (exact) mass is 281 g/mol. The van der Waals surface area contributed by atoms with E-state index in [-0.39, 0.29) is 0 Å². The van der Waals surface area contributed by atoms with Crippen molar-refractivity contribution in [2.45, 2.75) is 33.1 Å². The number of rotatable bonds is 2. The minimum atomic E-state index is 0.606. The first-order valence-electron chi connectivity index (χ1n) is 7.73. The van der Waals surface area contributed by atoms with E-state index in [0.717, 1.165) is 18.9 Å². The molecule has 2 aromatic rings. The highest BCUT2D eigenvalue weighted by molar-refractivity contribution is 5.73. The Morgan fingerprint density at radius 1 is 1.00 bits per heavy atom. The van der Waals surface area contributed by atoms with Crippen molar-refractivity contribution in [3.8, 4) is 11.1 Å². The molecule has 0 bridgehead atoms. The summed E-state index contributed by atoms with van der Waals surface area (Å²) in [6, 6.07) is 10.7. The molecule has 0 atom stereocenters. The third-order valence-electron chi connectivity index (χ3n) is 4.22. The van der Waals surface area contributed by atoms with Gasteiger partial charge in [0.15, 0.2) is 0 Å². The van der Waals surface area contributed by atoms with Crippen molar-refractivity contribution in [2.24, 2.45) is 0 Å². The lowest BCUT2D eigenvalue weighted by Crippen LogP contribution is -2.30. The lowest BCUT2D eigenvalue weighted by molar-refractivity contribution is 0.574. The third kappa shape index (κ3) is 3.02. The SMILES string of the molecule is Cc1ccc(C)c(-c2cc(N)nc(N3CCCCC3)c2)c1. The van der Waals surface area contributed by atoms with Crippen molar-refractivity contribution in [3.63, 3.8) is 0 Å². The Morgan fingerprint density at radius 3 is 2.52 bits per heavy atom. The number of nitrogens with zero attached hydrogens (tertiary/aromatic N) is 2. The van der Waals surface area contributed by atoms with Crippen LogP contribution in [-0.4, -0.2) is 18.1 Å². The Bertz CT molecular complexity index is 643. The van der Waals surface area contributed by atoms with Crippen LogP contribution in [0.2, 0.25) is 0 Å². The molecule has 0 aliphatic carbocycles. The third-order valence-corrected chi connectivity index (χ3v) is 4.22. The number of hydrogen-bond acceptors (Lipinski definition) is 3. The number of anilines is 2. The van der Waals surface area contributed by atoms with E-state index in [2.05, 4.69) is 48.0 Å². The van der Waals surface area contributed by atoms with Gasteiger partial charge in [0, 0.05) is 13.1 Å². The maximum Gasteiger partial charge on any atom is 0.131 e. The molecule has 21 heavy (non-hydrogen) atoms. The minimum absolute atomic E-state index is 0.606. The van der Waals surface area contributed by atoms with Crippen LogP contribution in [0.5, 0.6) is 0 Å². The lowest BCUT2D eigenvalue weighted by atomic mass is 9.99. The molecule has 1 saturated heterocycles. The second-order valence-corrected chi connectivity index (χ2v) is 6.00. The van der Waals surface area contributed by atoms with Gasteiger partial charge in [-0.05, 0) is 61.9 Å². The fourth-order valence-corrected chi connectivity index (χ4v) is 3.02. The van der Waals surface area contributed by atoms with Gasteiger partial charge in [-0.25, -0.2) is 4.98 Å². The molecule has 1 aliphatic heterocycles. The van der Waals surface area contributed by atoms with Crippen LogP contribution in [0.3, 0.4) is 0 Å². The second kappa shape index (κ2) is 5.76. The highest BCUT2D eigenvalue weighted by Crippen LogP contribution is 2.29. The van der Waals surface area contributed by atoms with Gasteiger partial charge < -0.3 is 10.6 Å². The van der Waals surface area contributed by atoms with Gasteiger partial charge in [0.1, 0.15) is 11.6 Å². The fraction of sp³-hybridized carbons (Fsp3) is 0.389. The Morgan fingerprint density at radius 2 is 1.76 bits per heavy atom. The molecule has 2 N–H and O–H groups in total. The minimum Gasteiger partial charge on any atom is -0.384 e. The van der Waals surface area contributed by atoms with Crippen LogP contribution in [0.25, 0.3) is 11.1 Å². The van der Waals surface area contributed by atoms with Crippen molar-refractivity contribution in [1.29, 1.82) is 0 Å². The van der Waals surface area contributed by atoms with Gasteiger partial charge >= 0.3 is 0 Å². The molecular formula is C18H23N3. The van der Waals surface area contributed by atoms with E-state index in [1.54, 1.807) is 0 Å². The zero-order chi connectivity index (χ0) is 14.8. The molecule has 0 amide bonds. The fourth-order valence-electron chi connectivity index (χ4n) is 3.02. The molecule has 1 aromatic carbocycles. The highest BCUT2D eigenvalue weighted by Gasteiger charge is 2.14. The number of nitrogen functional groups attached to an aromatic ring is 1. The molecule has 1 aromatic heterocycles. The van der Waals surface area contributed by atoms with Crippen LogP contribution < -0.4 is 10.6 Å². The number of pyridine rings is 1. The molecule has 3 nitrogen and oxygen atoms in total. The van der Waals surface area contributed by atoms with Gasteiger partial charge in [0.25, 0.3) is 0 Å². The predicted molar refractivity (Wildman–Crippen MR) is 89.6 cm³/mol. The summed E-state index contributed by atoms with van der Waals surface area (Å²) in [7, 11) is 0. The summed E-state index contributed by atoms with van der Waals surface area (Å²) >= 11 is 0.